The van der Waals surface area contributed by atoms with E-state index in [2.05, 4.69) is 26.9 Å². The average molecular weight is 378 g/mol. The third-order valence-corrected chi connectivity index (χ3v) is 6.21. The fraction of sp³-hybridized carbons (Fsp3) is 0.455. The summed E-state index contributed by atoms with van der Waals surface area (Å²) >= 11 is 0. The SMILES string of the molecule is O=C(C1COc2ccccc2C1)N1CC(N2CCN(c3ccccn3)CC2)C1. The Bertz CT molecular complexity index is 829. The fourth-order valence-corrected chi connectivity index (χ4v) is 4.47. The van der Waals surface area contributed by atoms with Crippen LogP contribution in [0.4, 0.5) is 5.82 Å². The number of nitrogens with zero attached hydrogens (tertiary/aromatic N) is 4. The number of para-hydroxylation sites is 1. The smallest absolute Gasteiger partial charge is 0.229 e. The Morgan fingerprint density at radius 1 is 1.00 bits per heavy atom. The van der Waals surface area contributed by atoms with Crippen molar-refractivity contribution in [2.75, 3.05) is 50.8 Å². The van der Waals surface area contributed by atoms with Gasteiger partial charge >= 0.3 is 0 Å². The molecule has 2 aromatic rings. The van der Waals surface area contributed by atoms with Crippen molar-refractivity contribution in [3.63, 3.8) is 0 Å². The molecule has 6 heteroatoms. The van der Waals surface area contributed by atoms with E-state index in [-0.39, 0.29) is 11.8 Å². The zero-order chi connectivity index (χ0) is 18.9. The molecule has 28 heavy (non-hydrogen) atoms. The molecule has 0 bridgehead atoms. The van der Waals surface area contributed by atoms with Gasteiger partial charge in [-0.15, -0.1) is 0 Å². The van der Waals surface area contributed by atoms with Crippen molar-refractivity contribution < 1.29 is 9.53 Å². The van der Waals surface area contributed by atoms with Crippen LogP contribution >= 0.6 is 0 Å². The van der Waals surface area contributed by atoms with Gasteiger partial charge in [-0.1, -0.05) is 24.3 Å². The van der Waals surface area contributed by atoms with Gasteiger partial charge in [-0.2, -0.15) is 0 Å². The number of ether oxygens (including phenoxy) is 1. The topological polar surface area (TPSA) is 48.9 Å². The van der Waals surface area contributed by atoms with Crippen LogP contribution in [0, 0.1) is 5.92 Å². The lowest BCUT2D eigenvalue weighted by Gasteiger charge is -2.49. The quantitative estimate of drug-likeness (QED) is 0.813. The van der Waals surface area contributed by atoms with E-state index in [1.807, 2.05) is 41.4 Å². The Kier molecular flexibility index (Phi) is 4.64. The minimum absolute atomic E-state index is 0.0446. The number of hydrogen-bond donors (Lipinski definition) is 0. The van der Waals surface area contributed by atoms with Crippen LogP contribution in [0.25, 0.3) is 0 Å². The lowest BCUT2D eigenvalue weighted by Crippen LogP contribution is -2.65. The summed E-state index contributed by atoms with van der Waals surface area (Å²) in [5.74, 6) is 2.19. The Balaban J connectivity index is 1.11. The van der Waals surface area contributed by atoms with Crippen molar-refractivity contribution in [3.05, 3.63) is 54.2 Å². The third kappa shape index (κ3) is 3.33. The molecule has 0 radical (unpaired) electrons. The standard InChI is InChI=1S/C22H26N4O2/c27-22(18-13-17-5-1-2-6-20(17)28-16-18)26-14-19(15-26)24-9-11-25(12-10-24)21-7-3-4-8-23-21/h1-8,18-19H,9-16H2. The lowest BCUT2D eigenvalue weighted by atomic mass is 9.93. The highest BCUT2D eigenvalue weighted by molar-refractivity contribution is 5.80. The molecule has 0 spiro atoms. The molecule has 146 valence electrons. The van der Waals surface area contributed by atoms with Crippen LogP contribution < -0.4 is 9.64 Å². The van der Waals surface area contributed by atoms with E-state index in [1.165, 1.54) is 0 Å². The summed E-state index contributed by atoms with van der Waals surface area (Å²) in [4.78, 5) is 24.2. The number of likely N-dealkylation sites (tertiary alicyclic amines) is 1. The summed E-state index contributed by atoms with van der Waals surface area (Å²) in [6.07, 6.45) is 2.64. The molecule has 1 atom stereocenters. The maximum atomic E-state index is 12.9. The second-order valence-corrected chi connectivity index (χ2v) is 7.93. The van der Waals surface area contributed by atoms with E-state index < -0.39 is 0 Å². The molecule has 3 aliphatic heterocycles. The number of piperazine rings is 1. The summed E-state index contributed by atoms with van der Waals surface area (Å²) in [7, 11) is 0. The molecule has 6 nitrogen and oxygen atoms in total. The van der Waals surface area contributed by atoms with Crippen molar-refractivity contribution in [2.24, 2.45) is 5.92 Å². The Hall–Kier alpha value is -2.60. The van der Waals surface area contributed by atoms with Gasteiger partial charge in [0.25, 0.3) is 0 Å². The number of carbonyl (C=O) groups is 1. The number of amides is 1. The molecule has 5 rings (SSSR count). The summed E-state index contributed by atoms with van der Waals surface area (Å²) in [5.41, 5.74) is 1.15. The van der Waals surface area contributed by atoms with Gasteiger partial charge in [-0.05, 0) is 30.2 Å². The first-order valence-electron chi connectivity index (χ1n) is 10.2. The summed E-state index contributed by atoms with van der Waals surface area (Å²) in [6, 6.07) is 14.6. The molecule has 2 saturated heterocycles. The molecule has 1 unspecified atom stereocenters. The van der Waals surface area contributed by atoms with Crippen LogP contribution in [0.3, 0.4) is 0 Å². The molecule has 3 aliphatic rings. The molecular formula is C22H26N4O2. The van der Waals surface area contributed by atoms with Crippen molar-refractivity contribution in [2.45, 2.75) is 12.5 Å². The van der Waals surface area contributed by atoms with E-state index in [1.54, 1.807) is 0 Å². The number of fused-ring (bicyclic) bond motifs is 1. The molecule has 0 N–H and O–H groups in total. The zero-order valence-electron chi connectivity index (χ0n) is 16.0. The predicted octanol–water partition coefficient (Wildman–Crippen LogP) is 1.67. The second kappa shape index (κ2) is 7.43. The highest BCUT2D eigenvalue weighted by Gasteiger charge is 2.39. The van der Waals surface area contributed by atoms with E-state index in [9.17, 15) is 4.79 Å². The molecule has 1 aromatic carbocycles. The third-order valence-electron chi connectivity index (χ3n) is 6.21. The highest BCUT2D eigenvalue weighted by atomic mass is 16.5. The monoisotopic (exact) mass is 378 g/mol. The fourth-order valence-electron chi connectivity index (χ4n) is 4.47. The van der Waals surface area contributed by atoms with E-state index in [0.29, 0.717) is 12.6 Å². The minimum Gasteiger partial charge on any atom is -0.492 e. The number of carbonyl (C=O) groups excluding carboxylic acids is 1. The summed E-state index contributed by atoms with van der Waals surface area (Å²) in [5, 5.41) is 0. The van der Waals surface area contributed by atoms with Crippen LogP contribution in [-0.4, -0.2) is 72.6 Å². The van der Waals surface area contributed by atoms with Gasteiger partial charge in [-0.3, -0.25) is 9.69 Å². The Labute approximate surface area is 165 Å². The van der Waals surface area contributed by atoms with Crippen LogP contribution in [0.15, 0.2) is 48.7 Å². The average Bonchev–Trinajstić information content (AvgIpc) is 2.73. The molecule has 0 saturated carbocycles. The maximum Gasteiger partial charge on any atom is 0.229 e. The maximum absolute atomic E-state index is 12.9. The number of pyridine rings is 1. The molecule has 2 fully saturated rings. The minimum atomic E-state index is -0.0446. The van der Waals surface area contributed by atoms with E-state index in [0.717, 1.165) is 62.8 Å². The number of anilines is 1. The van der Waals surface area contributed by atoms with Crippen molar-refractivity contribution >= 4 is 11.7 Å². The van der Waals surface area contributed by atoms with Crippen LogP contribution in [-0.2, 0) is 11.2 Å². The van der Waals surface area contributed by atoms with Gasteiger partial charge in [-0.25, -0.2) is 4.98 Å². The number of rotatable bonds is 3. The number of aromatic nitrogens is 1. The van der Waals surface area contributed by atoms with Crippen molar-refractivity contribution in [3.8, 4) is 5.75 Å². The van der Waals surface area contributed by atoms with Crippen LogP contribution in [0.1, 0.15) is 5.56 Å². The van der Waals surface area contributed by atoms with E-state index >= 15 is 0 Å². The van der Waals surface area contributed by atoms with Gasteiger partial charge in [0.05, 0.1) is 5.92 Å². The largest absolute Gasteiger partial charge is 0.492 e. The first-order valence-corrected chi connectivity index (χ1v) is 10.2. The van der Waals surface area contributed by atoms with Gasteiger partial charge in [0.15, 0.2) is 0 Å². The molecule has 4 heterocycles. The summed E-state index contributed by atoms with van der Waals surface area (Å²) in [6.45, 7) is 6.25. The van der Waals surface area contributed by atoms with Crippen LogP contribution in [0.5, 0.6) is 5.75 Å². The predicted molar refractivity (Wildman–Crippen MR) is 108 cm³/mol. The van der Waals surface area contributed by atoms with Gasteiger partial charge in [0, 0.05) is 51.5 Å². The zero-order valence-corrected chi connectivity index (χ0v) is 16.0. The van der Waals surface area contributed by atoms with Gasteiger partial charge < -0.3 is 14.5 Å². The summed E-state index contributed by atoms with van der Waals surface area (Å²) < 4.78 is 5.80. The number of benzene rings is 1. The normalized spacial score (nSPS) is 22.9. The van der Waals surface area contributed by atoms with Gasteiger partial charge in [0.2, 0.25) is 5.91 Å². The Morgan fingerprint density at radius 3 is 2.57 bits per heavy atom. The van der Waals surface area contributed by atoms with Crippen LogP contribution in [0.2, 0.25) is 0 Å². The molecule has 1 aromatic heterocycles. The molecule has 0 aliphatic carbocycles. The first-order chi connectivity index (χ1) is 13.8. The Morgan fingerprint density at radius 2 is 1.79 bits per heavy atom. The second-order valence-electron chi connectivity index (χ2n) is 7.93. The lowest BCUT2D eigenvalue weighted by molar-refractivity contribution is -0.144. The van der Waals surface area contributed by atoms with Gasteiger partial charge in [0.1, 0.15) is 18.2 Å². The van der Waals surface area contributed by atoms with Crippen molar-refractivity contribution in [1.29, 1.82) is 0 Å². The van der Waals surface area contributed by atoms with Crippen molar-refractivity contribution in [1.82, 2.24) is 14.8 Å². The highest BCUT2D eigenvalue weighted by Crippen LogP contribution is 2.29. The number of hydrogen-bond acceptors (Lipinski definition) is 5. The molecular weight excluding hydrogens is 352 g/mol. The van der Waals surface area contributed by atoms with E-state index in [4.69, 9.17) is 4.74 Å². The molecule has 1 amide bonds. The first kappa shape index (κ1) is 17.5.